The van der Waals surface area contributed by atoms with E-state index in [1.807, 2.05) is 78.7 Å². The predicted molar refractivity (Wildman–Crippen MR) is 141 cm³/mol. The van der Waals surface area contributed by atoms with Crippen molar-refractivity contribution < 1.29 is 4.84 Å². The zero-order valence-electron chi connectivity index (χ0n) is 21.6. The van der Waals surface area contributed by atoms with Crippen molar-refractivity contribution >= 4 is 0 Å². The lowest BCUT2D eigenvalue weighted by Crippen LogP contribution is -2.36. The van der Waals surface area contributed by atoms with Crippen molar-refractivity contribution in [3.8, 4) is 11.1 Å². The first-order valence-corrected chi connectivity index (χ1v) is 12.2. The van der Waals surface area contributed by atoms with Crippen LogP contribution in [0.25, 0.3) is 11.1 Å². The average Bonchev–Trinajstić information content (AvgIpc) is 2.89. The highest BCUT2D eigenvalue weighted by molar-refractivity contribution is 5.63. The Labute approximate surface area is 193 Å². The maximum absolute atomic E-state index is 5.76. The minimum absolute atomic E-state index is 0.315. The zero-order chi connectivity index (χ0) is 24.1. The molecule has 1 aliphatic rings. The Kier molecular flexibility index (Phi) is 20.8. The predicted octanol–water partition coefficient (Wildman–Crippen LogP) is 9.10. The molecular formula is C29H47NO. The minimum Gasteiger partial charge on any atom is -0.269 e. The summed E-state index contributed by atoms with van der Waals surface area (Å²) in [6, 6.07) is 19.6. The van der Waals surface area contributed by atoms with Crippen LogP contribution >= 0.6 is 0 Å². The van der Waals surface area contributed by atoms with Gasteiger partial charge in [0.2, 0.25) is 0 Å². The fourth-order valence-electron chi connectivity index (χ4n) is 2.93. The van der Waals surface area contributed by atoms with E-state index in [2.05, 4.69) is 62.0 Å². The first-order chi connectivity index (χ1) is 15.3. The molecule has 0 saturated heterocycles. The summed E-state index contributed by atoms with van der Waals surface area (Å²) >= 11 is 0. The summed E-state index contributed by atoms with van der Waals surface area (Å²) in [5, 5.41) is 1.96. The SMILES string of the molecule is C=C1C=CCON1C(CC)Cc1ccc(-c2ccccc2)cc1.CC.CC.CC.CC. The molecule has 1 heterocycles. The van der Waals surface area contributed by atoms with Crippen molar-refractivity contribution in [3.63, 3.8) is 0 Å². The largest absolute Gasteiger partial charge is 0.269 e. The summed E-state index contributed by atoms with van der Waals surface area (Å²) in [4.78, 5) is 5.76. The summed E-state index contributed by atoms with van der Waals surface area (Å²) in [7, 11) is 0. The second-order valence-electron chi connectivity index (χ2n) is 5.84. The molecule has 1 atom stereocenters. The van der Waals surface area contributed by atoms with E-state index in [1.165, 1.54) is 16.7 Å². The molecule has 0 radical (unpaired) electrons. The summed E-state index contributed by atoms with van der Waals surface area (Å²) in [6.07, 6.45) is 6.01. The molecule has 1 unspecified atom stereocenters. The van der Waals surface area contributed by atoms with Crippen LogP contribution in [0.3, 0.4) is 0 Å². The quantitative estimate of drug-likeness (QED) is 0.473. The first-order valence-electron chi connectivity index (χ1n) is 12.2. The summed E-state index contributed by atoms with van der Waals surface area (Å²) in [5.74, 6) is 0. The molecule has 174 valence electrons. The summed E-state index contributed by atoms with van der Waals surface area (Å²) in [6.45, 7) is 22.9. The van der Waals surface area contributed by atoms with E-state index in [-0.39, 0.29) is 0 Å². The van der Waals surface area contributed by atoms with Gasteiger partial charge in [-0.1, -0.05) is 130 Å². The van der Waals surface area contributed by atoms with E-state index in [0.29, 0.717) is 12.6 Å². The molecule has 0 spiro atoms. The number of hydrogen-bond donors (Lipinski definition) is 0. The van der Waals surface area contributed by atoms with Crippen LogP contribution in [0.5, 0.6) is 0 Å². The van der Waals surface area contributed by atoms with Gasteiger partial charge in [-0.05, 0) is 35.6 Å². The third kappa shape index (κ3) is 11.0. The molecule has 0 aromatic heterocycles. The van der Waals surface area contributed by atoms with Gasteiger partial charge in [0.25, 0.3) is 0 Å². The lowest BCUT2D eigenvalue weighted by atomic mass is 9.99. The van der Waals surface area contributed by atoms with Crippen molar-refractivity contribution in [2.45, 2.75) is 81.2 Å². The van der Waals surface area contributed by atoms with Gasteiger partial charge in [-0.25, -0.2) is 0 Å². The Morgan fingerprint density at radius 1 is 0.806 bits per heavy atom. The second kappa shape index (κ2) is 20.9. The minimum atomic E-state index is 0.315. The van der Waals surface area contributed by atoms with E-state index >= 15 is 0 Å². The highest BCUT2D eigenvalue weighted by atomic mass is 16.7. The number of allylic oxidation sites excluding steroid dienone is 1. The summed E-state index contributed by atoms with van der Waals surface area (Å²) in [5.41, 5.74) is 4.76. The van der Waals surface area contributed by atoms with E-state index in [4.69, 9.17) is 4.84 Å². The normalized spacial score (nSPS) is 12.4. The fraction of sp³-hybridized carbons (Fsp3) is 0.448. The van der Waals surface area contributed by atoms with E-state index < -0.39 is 0 Å². The van der Waals surface area contributed by atoms with Crippen molar-refractivity contribution in [2.75, 3.05) is 6.61 Å². The van der Waals surface area contributed by atoms with Crippen molar-refractivity contribution in [1.29, 1.82) is 0 Å². The number of hydrogen-bond acceptors (Lipinski definition) is 2. The van der Waals surface area contributed by atoms with Crippen LogP contribution < -0.4 is 0 Å². The van der Waals surface area contributed by atoms with Gasteiger partial charge in [0.05, 0.1) is 18.3 Å². The number of rotatable bonds is 5. The van der Waals surface area contributed by atoms with Crippen molar-refractivity contribution in [2.24, 2.45) is 0 Å². The lowest BCUT2D eigenvalue weighted by Gasteiger charge is -2.34. The molecule has 0 N–H and O–H groups in total. The highest BCUT2D eigenvalue weighted by Crippen LogP contribution is 2.23. The molecular weight excluding hydrogens is 378 g/mol. The molecule has 3 rings (SSSR count). The highest BCUT2D eigenvalue weighted by Gasteiger charge is 2.20. The van der Waals surface area contributed by atoms with Crippen LogP contribution in [0.1, 0.15) is 74.3 Å². The van der Waals surface area contributed by atoms with Crippen LogP contribution in [0, 0.1) is 0 Å². The number of nitrogens with zero attached hydrogens (tertiary/aromatic N) is 1. The standard InChI is InChI=1S/C21H23NO.4C2H6/c1-3-21(22-17(2)8-7-15-23-22)16-18-11-13-20(14-12-18)19-9-5-4-6-10-19;4*1-2/h4-14,21H,2-3,15-16H2,1H3;4*1-2H3. The Balaban J connectivity index is 0. The summed E-state index contributed by atoms with van der Waals surface area (Å²) < 4.78 is 0. The molecule has 0 aliphatic carbocycles. The topological polar surface area (TPSA) is 12.5 Å². The smallest absolute Gasteiger partial charge is 0.0934 e. The monoisotopic (exact) mass is 425 g/mol. The fourth-order valence-corrected chi connectivity index (χ4v) is 2.93. The van der Waals surface area contributed by atoms with Gasteiger partial charge < -0.3 is 0 Å². The number of benzene rings is 2. The maximum Gasteiger partial charge on any atom is 0.0934 e. The average molecular weight is 426 g/mol. The van der Waals surface area contributed by atoms with Gasteiger partial charge in [0.1, 0.15) is 0 Å². The Morgan fingerprint density at radius 2 is 1.32 bits per heavy atom. The zero-order valence-corrected chi connectivity index (χ0v) is 21.6. The second-order valence-corrected chi connectivity index (χ2v) is 5.84. The Morgan fingerprint density at radius 3 is 1.81 bits per heavy atom. The van der Waals surface area contributed by atoms with E-state index in [1.54, 1.807) is 0 Å². The van der Waals surface area contributed by atoms with E-state index in [9.17, 15) is 0 Å². The molecule has 0 amide bonds. The van der Waals surface area contributed by atoms with Crippen molar-refractivity contribution in [1.82, 2.24) is 5.06 Å². The molecule has 0 saturated carbocycles. The van der Waals surface area contributed by atoms with Crippen LogP contribution in [0.4, 0.5) is 0 Å². The Hall–Kier alpha value is -2.32. The van der Waals surface area contributed by atoms with Gasteiger partial charge in [0.15, 0.2) is 0 Å². The van der Waals surface area contributed by atoms with Crippen molar-refractivity contribution in [3.05, 3.63) is 84.6 Å². The molecule has 1 aliphatic heterocycles. The molecule has 0 bridgehead atoms. The van der Waals surface area contributed by atoms with Crippen LogP contribution in [0.2, 0.25) is 0 Å². The van der Waals surface area contributed by atoms with Crippen LogP contribution in [-0.4, -0.2) is 17.7 Å². The van der Waals surface area contributed by atoms with Crippen LogP contribution in [0.15, 0.2) is 79.0 Å². The van der Waals surface area contributed by atoms with Gasteiger partial charge >= 0.3 is 0 Å². The molecule has 2 aromatic rings. The molecule has 2 nitrogen and oxygen atoms in total. The molecule has 2 aromatic carbocycles. The molecule has 31 heavy (non-hydrogen) atoms. The van der Waals surface area contributed by atoms with Gasteiger partial charge in [-0.3, -0.25) is 9.90 Å². The van der Waals surface area contributed by atoms with Crippen LogP contribution in [-0.2, 0) is 11.3 Å². The van der Waals surface area contributed by atoms with Gasteiger partial charge in [-0.2, -0.15) is 0 Å². The molecule has 2 heteroatoms. The molecule has 0 fully saturated rings. The lowest BCUT2D eigenvalue weighted by molar-refractivity contribution is -0.150. The third-order valence-corrected chi connectivity index (χ3v) is 4.24. The first kappa shape index (κ1) is 30.9. The van der Waals surface area contributed by atoms with Gasteiger partial charge in [0, 0.05) is 0 Å². The third-order valence-electron chi connectivity index (χ3n) is 4.24. The van der Waals surface area contributed by atoms with Gasteiger partial charge in [-0.15, -0.1) is 0 Å². The number of hydroxylamine groups is 2. The van der Waals surface area contributed by atoms with E-state index in [0.717, 1.165) is 18.5 Å². The maximum atomic E-state index is 5.76. The Bertz CT molecular complexity index is 674.